The van der Waals surface area contributed by atoms with Gasteiger partial charge < -0.3 is 43.9 Å². The van der Waals surface area contributed by atoms with Crippen LogP contribution in [0.5, 0.6) is 34.5 Å². The van der Waals surface area contributed by atoms with Gasteiger partial charge >= 0.3 is 18.9 Å². The molecule has 9 heterocycles. The van der Waals surface area contributed by atoms with Crippen LogP contribution in [0.1, 0.15) is 117 Å². The third-order valence-corrected chi connectivity index (χ3v) is 18.1. The fourth-order valence-corrected chi connectivity index (χ4v) is 15.2. The van der Waals surface area contributed by atoms with Gasteiger partial charge in [-0.15, -0.1) is 0 Å². The topological polar surface area (TPSA) is 115 Å². The van der Waals surface area contributed by atoms with Crippen LogP contribution in [0.4, 0.5) is 0 Å². The predicted octanol–water partition coefficient (Wildman–Crippen LogP) is 5.58. The average molecular weight is 903 g/mol. The van der Waals surface area contributed by atoms with Gasteiger partial charge in [-0.25, -0.2) is 18.1 Å². The van der Waals surface area contributed by atoms with E-state index in [0.717, 1.165) is 85.4 Å². The second-order valence-corrected chi connectivity index (χ2v) is 21.2. The summed E-state index contributed by atoms with van der Waals surface area (Å²) in [5, 5.41) is 10.9. The van der Waals surface area contributed by atoms with Crippen LogP contribution in [0.2, 0.25) is 0 Å². The average Bonchev–Trinajstić information content (AvgIpc) is 4.18. The van der Waals surface area contributed by atoms with Crippen LogP contribution in [0, 0.1) is 12.3 Å². The van der Waals surface area contributed by atoms with Crippen LogP contribution in [0.15, 0.2) is 71.3 Å². The quantitative estimate of drug-likeness (QED) is 0.174. The number of hydrogen-bond donors (Lipinski definition) is 1. The zero-order valence-corrected chi connectivity index (χ0v) is 40.1. The molecule has 3 aromatic carbocycles. The number of ether oxygens (including phenoxy) is 6. The van der Waals surface area contributed by atoms with Crippen molar-refractivity contribution in [3.63, 3.8) is 0 Å². The van der Waals surface area contributed by atoms with Crippen molar-refractivity contribution in [1.29, 1.82) is 0 Å². The summed E-state index contributed by atoms with van der Waals surface area (Å²) in [5.74, 6) is 7.20. The van der Waals surface area contributed by atoms with Crippen molar-refractivity contribution in [3.8, 4) is 34.5 Å². The summed E-state index contributed by atoms with van der Waals surface area (Å²) in [5.41, 5.74) is 13.0. The molecule has 8 atom stereocenters. The molecular formula is C55H65LiN3O8-. The van der Waals surface area contributed by atoms with Gasteiger partial charge in [-0.05, 0) is 173 Å². The zero-order valence-electron chi connectivity index (χ0n) is 40.1. The van der Waals surface area contributed by atoms with Gasteiger partial charge in [-0.2, -0.15) is 0 Å². The molecule has 3 spiro atoms. The minimum Gasteiger partial charge on any atom is -0.870 e. The van der Waals surface area contributed by atoms with E-state index in [0.29, 0.717) is 38.1 Å². The van der Waals surface area contributed by atoms with Crippen molar-refractivity contribution < 1.29 is 57.9 Å². The second-order valence-electron chi connectivity index (χ2n) is 21.2. The number of aliphatic hydroxyl groups excluding tert-OH is 1. The first-order valence-electron chi connectivity index (χ1n) is 24.8. The molecule has 3 fully saturated rings. The maximum absolute atomic E-state index is 10.9. The Kier molecular flexibility index (Phi) is 11.4. The Bertz CT molecular complexity index is 2460. The SMILES string of the molecule is CC1=CC23CCCN2CCc2cc4c(cc2C3C1C)OCO4.CC1=CC23CCCN2CCc2cc4c(cc2C3C1O)OCO4.CC1=CC23CCCN2CCc2cc4c(cc2C3[CH-]1)OCO4.[Li+].[OH-]. The van der Waals surface area contributed by atoms with Gasteiger partial charge in [0.1, 0.15) is 0 Å². The van der Waals surface area contributed by atoms with Gasteiger partial charge in [0.25, 0.3) is 0 Å². The third kappa shape index (κ3) is 6.80. The fourth-order valence-electron chi connectivity index (χ4n) is 15.2. The molecule has 0 radical (unpaired) electrons. The standard InChI is InChI=1S/C19H23NO2.C18H21NO3.C18H20NO2.Li.H2O/c1-12-10-19-5-3-6-20(19)7-4-14-8-16-17(22-11-21-16)9-15(14)18(19)13(12)2;1-11-9-18-4-2-5-19(18)6-3-12-7-14-15(22-10-21-14)8-13(12)16(18)17(11)20;1-12-7-15-14-9-17-16(20-11-21-17)8-13(14)3-6-19-5-2-4-18(15,19)10-12;;/h8-10,13,18H,3-7,11H2,1-2H3;7-9,16-17,20H,2-6,10H2,1H3;7-10,15H,2-6,11H2,1H3;;1H2/q;;-1;+1;/p-1. The summed E-state index contributed by atoms with van der Waals surface area (Å²) < 4.78 is 33.6. The summed E-state index contributed by atoms with van der Waals surface area (Å²) in [6.07, 6.45) is 20.4. The molecule has 15 rings (SSSR count). The number of hydrogen-bond acceptors (Lipinski definition) is 11. The molecule has 0 bridgehead atoms. The number of rotatable bonds is 0. The fraction of sp³-hybridized carbons (Fsp3) is 0.545. The monoisotopic (exact) mass is 902 g/mol. The van der Waals surface area contributed by atoms with E-state index in [9.17, 15) is 5.11 Å². The van der Waals surface area contributed by atoms with E-state index in [4.69, 9.17) is 28.4 Å². The molecule has 8 unspecified atom stereocenters. The smallest absolute Gasteiger partial charge is 0.870 e. The van der Waals surface area contributed by atoms with Crippen LogP contribution in [-0.4, -0.2) is 108 Å². The van der Waals surface area contributed by atoms with Gasteiger partial charge in [0.2, 0.25) is 20.4 Å². The molecule has 0 amide bonds. The molecule has 0 saturated carbocycles. The maximum Gasteiger partial charge on any atom is 1.00 e. The summed E-state index contributed by atoms with van der Waals surface area (Å²) in [4.78, 5) is 8.04. The summed E-state index contributed by atoms with van der Waals surface area (Å²) in [7, 11) is 0. The van der Waals surface area contributed by atoms with Crippen LogP contribution < -0.4 is 47.3 Å². The molecule has 67 heavy (non-hydrogen) atoms. The minimum atomic E-state index is -0.391. The summed E-state index contributed by atoms with van der Waals surface area (Å²) in [6, 6.07) is 13.3. The van der Waals surface area contributed by atoms with Crippen molar-refractivity contribution in [2.45, 2.75) is 126 Å². The van der Waals surface area contributed by atoms with Crippen molar-refractivity contribution in [2.75, 3.05) is 59.6 Å². The number of benzene rings is 3. The van der Waals surface area contributed by atoms with Crippen LogP contribution in [0.25, 0.3) is 0 Å². The Balaban J connectivity index is 0.000000109. The Morgan fingerprint density at radius 2 is 0.925 bits per heavy atom. The second kappa shape index (κ2) is 16.8. The Labute approximate surface area is 407 Å². The molecule has 11 nitrogen and oxygen atoms in total. The molecule has 3 aromatic rings. The number of aliphatic hydroxyl groups is 1. The Hall–Kier alpha value is -4.05. The van der Waals surface area contributed by atoms with E-state index in [1.54, 1.807) is 5.57 Å². The van der Waals surface area contributed by atoms with Crippen molar-refractivity contribution in [1.82, 2.24) is 14.7 Å². The largest absolute Gasteiger partial charge is 1.00 e. The van der Waals surface area contributed by atoms with E-state index in [2.05, 4.69) is 103 Å². The van der Waals surface area contributed by atoms with Gasteiger partial charge in [0, 0.05) is 42.5 Å². The van der Waals surface area contributed by atoms with Gasteiger partial charge in [0.05, 0.1) is 6.10 Å². The molecule has 12 aliphatic rings. The van der Waals surface area contributed by atoms with Crippen LogP contribution in [-0.2, 0) is 19.3 Å². The molecule has 2 N–H and O–H groups in total. The third-order valence-electron chi connectivity index (χ3n) is 18.1. The van der Waals surface area contributed by atoms with Crippen molar-refractivity contribution >= 4 is 0 Å². The molecular weight excluding hydrogens is 838 g/mol. The first-order chi connectivity index (χ1) is 31.6. The van der Waals surface area contributed by atoms with Gasteiger partial charge in [-0.1, -0.05) is 43.1 Å². The Morgan fingerprint density at radius 1 is 0.522 bits per heavy atom. The maximum atomic E-state index is 10.9. The number of allylic oxidation sites excluding steroid dienone is 2. The van der Waals surface area contributed by atoms with E-state index >= 15 is 0 Å². The van der Waals surface area contributed by atoms with Gasteiger partial charge in [-0.3, -0.25) is 9.80 Å². The molecule has 12 heteroatoms. The van der Waals surface area contributed by atoms with E-state index in [1.807, 2.05) is 0 Å². The van der Waals surface area contributed by atoms with Crippen LogP contribution in [0.3, 0.4) is 0 Å². The molecule has 9 aliphatic heterocycles. The molecule has 3 saturated heterocycles. The predicted molar refractivity (Wildman–Crippen MR) is 250 cm³/mol. The summed E-state index contributed by atoms with van der Waals surface area (Å²) >= 11 is 0. The first-order valence-corrected chi connectivity index (χ1v) is 24.8. The molecule has 3 aliphatic carbocycles. The summed E-state index contributed by atoms with van der Waals surface area (Å²) in [6.45, 7) is 17.0. The Morgan fingerprint density at radius 3 is 1.45 bits per heavy atom. The van der Waals surface area contributed by atoms with E-state index in [1.165, 1.54) is 90.7 Å². The minimum absolute atomic E-state index is 0. The first kappa shape index (κ1) is 45.4. The van der Waals surface area contributed by atoms with Crippen molar-refractivity contribution in [3.05, 3.63) is 111 Å². The normalized spacial score (nSPS) is 33.7. The number of fused-ring (bicyclic) bond motifs is 9. The molecule has 350 valence electrons. The number of nitrogens with zero attached hydrogens (tertiary/aromatic N) is 3. The van der Waals surface area contributed by atoms with E-state index in [-0.39, 0.29) is 46.9 Å². The van der Waals surface area contributed by atoms with Crippen molar-refractivity contribution in [2.24, 2.45) is 5.92 Å². The van der Waals surface area contributed by atoms with E-state index < -0.39 is 6.10 Å². The molecule has 0 aromatic heterocycles. The van der Waals surface area contributed by atoms with Gasteiger partial charge in [0.15, 0.2) is 34.5 Å². The van der Waals surface area contributed by atoms with Crippen LogP contribution >= 0.6 is 0 Å². The zero-order chi connectivity index (χ0) is 43.8.